The molecule has 2 N–H and O–H groups in total. The SMILES string of the molecule is CCc1ccc(COc2ccc(C)cc2C#CCN)cc1. The van der Waals surface area contributed by atoms with Crippen LogP contribution in [0.3, 0.4) is 0 Å². The predicted molar refractivity (Wildman–Crippen MR) is 87.3 cm³/mol. The van der Waals surface area contributed by atoms with Gasteiger partial charge in [-0.15, -0.1) is 0 Å². The minimum atomic E-state index is 0.353. The summed E-state index contributed by atoms with van der Waals surface area (Å²) < 4.78 is 5.91. The van der Waals surface area contributed by atoms with Crippen molar-refractivity contribution in [2.24, 2.45) is 5.73 Å². The van der Waals surface area contributed by atoms with E-state index in [0.717, 1.165) is 28.9 Å². The lowest BCUT2D eigenvalue weighted by molar-refractivity contribution is 0.305. The average Bonchev–Trinajstić information content (AvgIpc) is 2.52. The van der Waals surface area contributed by atoms with Crippen molar-refractivity contribution in [2.75, 3.05) is 6.54 Å². The van der Waals surface area contributed by atoms with Crippen molar-refractivity contribution in [1.82, 2.24) is 0 Å². The zero-order valence-electron chi connectivity index (χ0n) is 12.6. The summed E-state index contributed by atoms with van der Waals surface area (Å²) in [7, 11) is 0. The third-order valence-corrected chi connectivity index (χ3v) is 3.29. The molecule has 2 nitrogen and oxygen atoms in total. The van der Waals surface area contributed by atoms with E-state index in [0.29, 0.717) is 13.2 Å². The minimum absolute atomic E-state index is 0.353. The van der Waals surface area contributed by atoms with Gasteiger partial charge in [0.25, 0.3) is 0 Å². The Morgan fingerprint density at radius 3 is 2.43 bits per heavy atom. The predicted octanol–water partition coefficient (Wildman–Crippen LogP) is 3.45. The molecule has 0 radical (unpaired) electrons. The molecule has 0 aliphatic rings. The van der Waals surface area contributed by atoms with Crippen molar-refractivity contribution >= 4 is 0 Å². The summed E-state index contributed by atoms with van der Waals surface area (Å²) in [6, 6.07) is 14.5. The van der Waals surface area contributed by atoms with E-state index in [-0.39, 0.29) is 0 Å². The number of rotatable bonds is 4. The van der Waals surface area contributed by atoms with E-state index in [1.807, 2.05) is 25.1 Å². The van der Waals surface area contributed by atoms with Gasteiger partial charge in [-0.25, -0.2) is 0 Å². The molecule has 0 heterocycles. The van der Waals surface area contributed by atoms with Crippen LogP contribution >= 0.6 is 0 Å². The molecule has 0 amide bonds. The molecule has 0 spiro atoms. The maximum Gasteiger partial charge on any atom is 0.135 e. The van der Waals surface area contributed by atoms with Gasteiger partial charge in [0.2, 0.25) is 0 Å². The fourth-order valence-corrected chi connectivity index (χ4v) is 2.05. The molecule has 108 valence electrons. The van der Waals surface area contributed by atoms with E-state index in [2.05, 4.69) is 43.0 Å². The molecular formula is C19H21NO. The largest absolute Gasteiger partial charge is 0.488 e. The van der Waals surface area contributed by atoms with Crippen LogP contribution in [0.2, 0.25) is 0 Å². The van der Waals surface area contributed by atoms with Gasteiger partial charge in [-0.1, -0.05) is 49.1 Å². The van der Waals surface area contributed by atoms with Crippen LogP contribution in [-0.4, -0.2) is 6.54 Å². The Bertz CT molecular complexity index is 648. The zero-order valence-corrected chi connectivity index (χ0v) is 12.6. The molecule has 2 aromatic carbocycles. The number of hydrogen-bond donors (Lipinski definition) is 1. The van der Waals surface area contributed by atoms with Crippen molar-refractivity contribution in [3.8, 4) is 17.6 Å². The summed E-state index contributed by atoms with van der Waals surface area (Å²) >= 11 is 0. The molecule has 0 aliphatic carbocycles. The first-order chi connectivity index (χ1) is 10.2. The molecule has 0 unspecified atom stereocenters. The van der Waals surface area contributed by atoms with Gasteiger partial charge in [0.1, 0.15) is 12.4 Å². The van der Waals surface area contributed by atoms with Crippen LogP contribution in [0.1, 0.15) is 29.2 Å². The van der Waals surface area contributed by atoms with Crippen LogP contribution in [0.5, 0.6) is 5.75 Å². The Balaban J connectivity index is 2.11. The Morgan fingerprint density at radius 1 is 1.05 bits per heavy atom. The van der Waals surface area contributed by atoms with Crippen molar-refractivity contribution in [2.45, 2.75) is 26.9 Å². The Kier molecular flexibility index (Phi) is 5.43. The van der Waals surface area contributed by atoms with E-state index in [9.17, 15) is 0 Å². The summed E-state index contributed by atoms with van der Waals surface area (Å²) in [4.78, 5) is 0. The molecular weight excluding hydrogens is 258 g/mol. The Hall–Kier alpha value is -2.24. The summed E-state index contributed by atoms with van der Waals surface area (Å²) in [5.74, 6) is 6.76. The number of aryl methyl sites for hydroxylation is 2. The highest BCUT2D eigenvalue weighted by Gasteiger charge is 2.03. The smallest absolute Gasteiger partial charge is 0.135 e. The van der Waals surface area contributed by atoms with Gasteiger partial charge in [-0.3, -0.25) is 0 Å². The van der Waals surface area contributed by atoms with Gasteiger partial charge in [-0.2, -0.15) is 0 Å². The monoisotopic (exact) mass is 279 g/mol. The van der Waals surface area contributed by atoms with E-state index in [1.165, 1.54) is 5.56 Å². The van der Waals surface area contributed by atoms with Gasteiger partial charge in [0, 0.05) is 0 Å². The van der Waals surface area contributed by atoms with E-state index < -0.39 is 0 Å². The van der Waals surface area contributed by atoms with E-state index >= 15 is 0 Å². The molecule has 21 heavy (non-hydrogen) atoms. The molecule has 2 rings (SSSR count). The van der Waals surface area contributed by atoms with Gasteiger partial charge in [0.05, 0.1) is 12.1 Å². The topological polar surface area (TPSA) is 35.2 Å². The molecule has 0 aliphatic heterocycles. The Labute approximate surface area is 126 Å². The number of ether oxygens (including phenoxy) is 1. The summed E-state index contributed by atoms with van der Waals surface area (Å²) in [5.41, 5.74) is 9.99. The highest BCUT2D eigenvalue weighted by molar-refractivity contribution is 5.48. The molecule has 0 atom stereocenters. The van der Waals surface area contributed by atoms with Gasteiger partial charge in [-0.05, 0) is 42.2 Å². The molecule has 0 fully saturated rings. The quantitative estimate of drug-likeness (QED) is 0.870. The van der Waals surface area contributed by atoms with E-state index in [4.69, 9.17) is 10.5 Å². The molecule has 0 saturated heterocycles. The van der Waals surface area contributed by atoms with Gasteiger partial charge < -0.3 is 10.5 Å². The molecule has 2 heteroatoms. The van der Waals surface area contributed by atoms with E-state index in [1.54, 1.807) is 0 Å². The lowest BCUT2D eigenvalue weighted by Gasteiger charge is -2.09. The van der Waals surface area contributed by atoms with Crippen LogP contribution in [0.15, 0.2) is 42.5 Å². The first-order valence-electron chi connectivity index (χ1n) is 7.23. The zero-order chi connectivity index (χ0) is 15.1. The van der Waals surface area contributed by atoms with Crippen molar-refractivity contribution < 1.29 is 4.74 Å². The maximum absolute atomic E-state index is 5.91. The van der Waals surface area contributed by atoms with Crippen LogP contribution in [-0.2, 0) is 13.0 Å². The van der Waals surface area contributed by atoms with Crippen molar-refractivity contribution in [3.05, 3.63) is 64.7 Å². The van der Waals surface area contributed by atoms with Crippen LogP contribution in [0.4, 0.5) is 0 Å². The third kappa shape index (κ3) is 4.37. The Morgan fingerprint density at radius 2 is 1.76 bits per heavy atom. The molecule has 0 saturated carbocycles. The van der Waals surface area contributed by atoms with Gasteiger partial charge >= 0.3 is 0 Å². The molecule has 0 bridgehead atoms. The highest BCUT2D eigenvalue weighted by Crippen LogP contribution is 2.20. The number of benzene rings is 2. The lowest BCUT2D eigenvalue weighted by atomic mass is 10.1. The second-order valence-electron chi connectivity index (χ2n) is 4.96. The number of hydrogen-bond acceptors (Lipinski definition) is 2. The third-order valence-electron chi connectivity index (χ3n) is 3.29. The first-order valence-corrected chi connectivity index (χ1v) is 7.23. The normalized spacial score (nSPS) is 9.86. The number of nitrogens with two attached hydrogens (primary N) is 1. The standard InChI is InChI=1S/C19H21NO/c1-3-16-7-9-17(10-8-16)14-21-19-11-6-15(2)13-18(19)5-4-12-20/h6-11,13H,3,12,14,20H2,1-2H3. The highest BCUT2D eigenvalue weighted by atomic mass is 16.5. The fourth-order valence-electron chi connectivity index (χ4n) is 2.05. The lowest BCUT2D eigenvalue weighted by Crippen LogP contribution is -1.98. The van der Waals surface area contributed by atoms with Crippen LogP contribution in [0.25, 0.3) is 0 Å². The maximum atomic E-state index is 5.91. The first kappa shape index (κ1) is 15.2. The second kappa shape index (κ2) is 7.52. The average molecular weight is 279 g/mol. The second-order valence-corrected chi connectivity index (χ2v) is 4.96. The molecule has 2 aromatic rings. The minimum Gasteiger partial charge on any atom is -0.488 e. The van der Waals surface area contributed by atoms with Crippen molar-refractivity contribution in [1.29, 1.82) is 0 Å². The summed E-state index contributed by atoms with van der Waals surface area (Å²) in [6.07, 6.45) is 1.05. The van der Waals surface area contributed by atoms with Crippen LogP contribution < -0.4 is 10.5 Å². The summed E-state index contributed by atoms with van der Waals surface area (Å²) in [5, 5.41) is 0. The van der Waals surface area contributed by atoms with Crippen molar-refractivity contribution in [3.63, 3.8) is 0 Å². The van der Waals surface area contributed by atoms with Crippen LogP contribution in [0, 0.1) is 18.8 Å². The fraction of sp³-hybridized carbons (Fsp3) is 0.263. The summed E-state index contributed by atoms with van der Waals surface area (Å²) in [6.45, 7) is 5.09. The molecule has 0 aromatic heterocycles. The van der Waals surface area contributed by atoms with Gasteiger partial charge in [0.15, 0.2) is 0 Å².